The minimum absolute atomic E-state index is 0.0100. The molecule has 5 heteroatoms. The molecule has 2 heterocycles. The van der Waals surface area contributed by atoms with Crippen LogP contribution in [0.5, 0.6) is 0 Å². The molecule has 1 aromatic rings. The highest BCUT2D eigenvalue weighted by atomic mass is 79.9. The van der Waals surface area contributed by atoms with Crippen LogP contribution < -0.4 is 0 Å². The molecule has 0 aromatic carbocycles. The molecule has 4 nitrogen and oxygen atoms in total. The van der Waals surface area contributed by atoms with Crippen molar-refractivity contribution >= 4 is 15.9 Å². The molecule has 2 rings (SSSR count). The zero-order chi connectivity index (χ0) is 12.3. The molecule has 1 aliphatic heterocycles. The quantitative estimate of drug-likeness (QED) is 0.858. The van der Waals surface area contributed by atoms with Gasteiger partial charge < -0.3 is 9.47 Å². The number of halogens is 1. The fourth-order valence-electron chi connectivity index (χ4n) is 2.01. The minimum atomic E-state index is -0.0100. The number of ether oxygens (including phenoxy) is 2. The van der Waals surface area contributed by atoms with Gasteiger partial charge in [-0.05, 0) is 49.0 Å². The van der Waals surface area contributed by atoms with Crippen molar-refractivity contribution in [1.29, 1.82) is 0 Å². The van der Waals surface area contributed by atoms with E-state index in [9.17, 15) is 0 Å². The minimum Gasteiger partial charge on any atom is -0.353 e. The van der Waals surface area contributed by atoms with Gasteiger partial charge in [0.1, 0.15) is 0 Å². The molecule has 1 unspecified atom stereocenters. The van der Waals surface area contributed by atoms with E-state index in [2.05, 4.69) is 28.0 Å². The van der Waals surface area contributed by atoms with E-state index in [1.807, 2.05) is 11.6 Å². The highest BCUT2D eigenvalue weighted by Gasteiger charge is 2.14. The molecule has 0 N–H and O–H groups in total. The Kier molecular flexibility index (Phi) is 4.59. The molecule has 1 aliphatic rings. The van der Waals surface area contributed by atoms with Crippen molar-refractivity contribution in [3.05, 3.63) is 15.9 Å². The van der Waals surface area contributed by atoms with Gasteiger partial charge in [0, 0.05) is 12.3 Å². The van der Waals surface area contributed by atoms with E-state index in [1.54, 1.807) is 0 Å². The number of hydrogen-bond donors (Lipinski definition) is 0. The first-order chi connectivity index (χ1) is 8.18. The highest BCUT2D eigenvalue weighted by Crippen LogP contribution is 2.19. The first-order valence-corrected chi connectivity index (χ1v) is 6.90. The van der Waals surface area contributed by atoms with Crippen molar-refractivity contribution in [1.82, 2.24) is 9.78 Å². The number of rotatable bonds is 4. The predicted octanol–water partition coefficient (Wildman–Crippen LogP) is 2.81. The highest BCUT2D eigenvalue weighted by molar-refractivity contribution is 9.10. The summed E-state index contributed by atoms with van der Waals surface area (Å²) in [6.07, 6.45) is 3.37. The fraction of sp³-hybridized carbons (Fsp3) is 0.750. The van der Waals surface area contributed by atoms with Crippen molar-refractivity contribution in [3.8, 4) is 0 Å². The van der Waals surface area contributed by atoms with Crippen molar-refractivity contribution in [3.63, 3.8) is 0 Å². The zero-order valence-electron chi connectivity index (χ0n) is 10.4. The van der Waals surface area contributed by atoms with Crippen molar-refractivity contribution < 1.29 is 9.47 Å². The van der Waals surface area contributed by atoms with Crippen LogP contribution >= 0.6 is 15.9 Å². The lowest BCUT2D eigenvalue weighted by atomic mass is 10.2. The number of aromatic nitrogens is 2. The van der Waals surface area contributed by atoms with Crippen LogP contribution in [0.15, 0.2) is 4.47 Å². The third-order valence-corrected chi connectivity index (χ3v) is 4.19. The maximum absolute atomic E-state index is 5.69. The Morgan fingerprint density at radius 2 is 2.29 bits per heavy atom. The molecule has 1 aromatic heterocycles. The number of aryl methyl sites for hydroxylation is 1. The normalized spacial score (nSPS) is 20.8. The second-order valence-corrected chi connectivity index (χ2v) is 5.17. The van der Waals surface area contributed by atoms with Crippen LogP contribution in [0.2, 0.25) is 0 Å². The summed E-state index contributed by atoms with van der Waals surface area (Å²) in [4.78, 5) is 0. The van der Waals surface area contributed by atoms with E-state index < -0.39 is 0 Å². The molecule has 0 amide bonds. The van der Waals surface area contributed by atoms with Crippen molar-refractivity contribution in [2.45, 2.75) is 45.9 Å². The summed E-state index contributed by atoms with van der Waals surface area (Å²) in [5.41, 5.74) is 2.17. The smallest absolute Gasteiger partial charge is 0.157 e. The molecule has 1 fully saturated rings. The summed E-state index contributed by atoms with van der Waals surface area (Å²) >= 11 is 3.52. The van der Waals surface area contributed by atoms with Crippen LogP contribution in [0.25, 0.3) is 0 Å². The Labute approximate surface area is 110 Å². The second-order valence-electron chi connectivity index (χ2n) is 4.37. The van der Waals surface area contributed by atoms with E-state index in [0.717, 1.165) is 41.9 Å². The van der Waals surface area contributed by atoms with Gasteiger partial charge in [0.05, 0.1) is 23.3 Å². The number of nitrogens with zero attached hydrogens (tertiary/aromatic N) is 2. The van der Waals surface area contributed by atoms with E-state index in [-0.39, 0.29) is 6.29 Å². The van der Waals surface area contributed by atoms with E-state index in [1.165, 1.54) is 6.42 Å². The average Bonchev–Trinajstić information content (AvgIpc) is 2.59. The molecule has 17 heavy (non-hydrogen) atoms. The fourth-order valence-corrected chi connectivity index (χ4v) is 2.29. The van der Waals surface area contributed by atoms with Gasteiger partial charge in [0.2, 0.25) is 0 Å². The lowest BCUT2D eigenvalue weighted by molar-refractivity contribution is -0.163. The lowest BCUT2D eigenvalue weighted by Crippen LogP contribution is -2.24. The van der Waals surface area contributed by atoms with E-state index >= 15 is 0 Å². The Hall–Kier alpha value is -0.390. The monoisotopic (exact) mass is 302 g/mol. The molecule has 1 atom stereocenters. The lowest BCUT2D eigenvalue weighted by Gasteiger charge is -2.22. The Bertz CT molecular complexity index is 373. The maximum atomic E-state index is 5.69. The van der Waals surface area contributed by atoms with Crippen LogP contribution in [-0.4, -0.2) is 29.3 Å². The summed E-state index contributed by atoms with van der Waals surface area (Å²) in [6, 6.07) is 0. The van der Waals surface area contributed by atoms with Gasteiger partial charge in [0.15, 0.2) is 6.29 Å². The van der Waals surface area contributed by atoms with Crippen LogP contribution in [-0.2, 0) is 16.0 Å². The van der Waals surface area contributed by atoms with Crippen molar-refractivity contribution in [2.75, 3.05) is 13.2 Å². The molecular weight excluding hydrogens is 284 g/mol. The summed E-state index contributed by atoms with van der Waals surface area (Å²) in [6.45, 7) is 6.31. The van der Waals surface area contributed by atoms with Crippen LogP contribution in [0.4, 0.5) is 0 Å². The topological polar surface area (TPSA) is 36.3 Å². The molecule has 0 spiro atoms. The standard InChI is InChI=1S/C12H19BrN2O2/c1-9-12(13)10(2)15(14-9)6-8-17-11-5-3-4-7-16-11/h11H,3-8H2,1-2H3. The average molecular weight is 303 g/mol. The molecular formula is C12H19BrN2O2. The summed E-state index contributed by atoms with van der Waals surface area (Å²) in [5, 5.41) is 4.44. The second kappa shape index (κ2) is 5.98. The predicted molar refractivity (Wildman–Crippen MR) is 68.9 cm³/mol. The van der Waals surface area contributed by atoms with Crippen LogP contribution in [0, 0.1) is 13.8 Å². The largest absolute Gasteiger partial charge is 0.353 e. The van der Waals surface area contributed by atoms with Crippen molar-refractivity contribution in [2.24, 2.45) is 0 Å². The third-order valence-electron chi connectivity index (χ3n) is 3.04. The van der Waals surface area contributed by atoms with E-state index in [4.69, 9.17) is 9.47 Å². The third kappa shape index (κ3) is 3.30. The molecule has 0 aliphatic carbocycles. The van der Waals surface area contributed by atoms with Gasteiger partial charge in [-0.25, -0.2) is 0 Å². The van der Waals surface area contributed by atoms with Gasteiger partial charge in [-0.15, -0.1) is 0 Å². The Morgan fingerprint density at radius 1 is 1.47 bits per heavy atom. The zero-order valence-corrected chi connectivity index (χ0v) is 12.0. The van der Waals surface area contributed by atoms with Gasteiger partial charge >= 0.3 is 0 Å². The molecule has 0 radical (unpaired) electrons. The summed E-state index contributed by atoms with van der Waals surface area (Å²) in [7, 11) is 0. The Balaban J connectivity index is 1.79. The number of hydrogen-bond acceptors (Lipinski definition) is 3. The van der Waals surface area contributed by atoms with Crippen LogP contribution in [0.1, 0.15) is 30.7 Å². The van der Waals surface area contributed by atoms with Gasteiger partial charge in [0.25, 0.3) is 0 Å². The van der Waals surface area contributed by atoms with Crippen LogP contribution in [0.3, 0.4) is 0 Å². The van der Waals surface area contributed by atoms with Gasteiger partial charge in [-0.1, -0.05) is 0 Å². The summed E-state index contributed by atoms with van der Waals surface area (Å²) in [5.74, 6) is 0. The molecule has 0 bridgehead atoms. The summed E-state index contributed by atoms with van der Waals surface area (Å²) < 4.78 is 14.3. The molecule has 1 saturated heterocycles. The van der Waals surface area contributed by atoms with E-state index in [0.29, 0.717) is 6.61 Å². The Morgan fingerprint density at radius 3 is 2.88 bits per heavy atom. The van der Waals surface area contributed by atoms with Gasteiger partial charge in [-0.2, -0.15) is 5.10 Å². The molecule has 0 saturated carbocycles. The first kappa shape index (κ1) is 13.1. The molecule has 96 valence electrons. The SMILES string of the molecule is Cc1nn(CCOC2CCCCO2)c(C)c1Br. The first-order valence-electron chi connectivity index (χ1n) is 6.11. The van der Waals surface area contributed by atoms with Gasteiger partial charge in [-0.3, -0.25) is 4.68 Å². The maximum Gasteiger partial charge on any atom is 0.157 e.